The van der Waals surface area contributed by atoms with Gasteiger partial charge in [-0.2, -0.15) is 0 Å². The third-order valence-electron chi connectivity index (χ3n) is 9.63. The molecule has 0 saturated heterocycles. The second-order valence-electron chi connectivity index (χ2n) is 11.2. The van der Waals surface area contributed by atoms with E-state index in [9.17, 15) is 9.90 Å². The molecule has 1 N–H and O–H groups in total. The molecule has 8 rings (SSSR count). The van der Waals surface area contributed by atoms with Crippen LogP contribution in [0.2, 0.25) is 0 Å². The van der Waals surface area contributed by atoms with Gasteiger partial charge in [0.1, 0.15) is 0 Å². The Balaban J connectivity index is 1.46. The van der Waals surface area contributed by atoms with Crippen molar-refractivity contribution in [3.8, 4) is 0 Å². The second kappa shape index (κ2) is 4.26. The highest BCUT2D eigenvalue weighted by Crippen LogP contribution is 2.78. The van der Waals surface area contributed by atoms with E-state index in [0.717, 1.165) is 31.1 Å². The van der Waals surface area contributed by atoms with Gasteiger partial charge in [0.25, 0.3) is 0 Å². The Morgan fingerprint density at radius 3 is 1.67 bits per heavy atom. The van der Waals surface area contributed by atoms with E-state index in [1.54, 1.807) is 0 Å². The SMILES string of the molecule is O=C(O)C12CC3CC(C1)CC(C14CC5CC(CC(Br)(C5)C1)C4)(C3)C2. The van der Waals surface area contributed by atoms with Crippen molar-refractivity contribution in [3.63, 3.8) is 0 Å². The van der Waals surface area contributed by atoms with E-state index < -0.39 is 5.97 Å². The molecule has 0 aromatic rings. The molecule has 8 fully saturated rings. The van der Waals surface area contributed by atoms with Crippen molar-refractivity contribution in [1.82, 2.24) is 0 Å². The highest BCUT2D eigenvalue weighted by molar-refractivity contribution is 9.10. The van der Waals surface area contributed by atoms with Gasteiger partial charge in [-0.25, -0.2) is 0 Å². The van der Waals surface area contributed by atoms with Crippen LogP contribution < -0.4 is 0 Å². The van der Waals surface area contributed by atoms with Crippen molar-refractivity contribution < 1.29 is 9.90 Å². The first-order valence-electron chi connectivity index (χ1n) is 10.3. The highest BCUT2D eigenvalue weighted by atomic mass is 79.9. The molecule has 0 aromatic carbocycles. The number of halogens is 1. The number of hydrogen-bond donors (Lipinski definition) is 1. The Bertz CT molecular complexity index is 597. The van der Waals surface area contributed by atoms with Gasteiger partial charge in [0.15, 0.2) is 0 Å². The molecule has 0 radical (unpaired) electrons. The van der Waals surface area contributed by atoms with Crippen molar-refractivity contribution in [1.29, 1.82) is 0 Å². The molecule has 4 unspecified atom stereocenters. The van der Waals surface area contributed by atoms with Gasteiger partial charge in [-0.05, 0) is 112 Å². The molecule has 0 aliphatic heterocycles. The summed E-state index contributed by atoms with van der Waals surface area (Å²) in [7, 11) is 0. The molecule has 8 aliphatic carbocycles. The fraction of sp³-hybridized carbons (Fsp3) is 0.952. The maximum absolute atomic E-state index is 12.3. The summed E-state index contributed by atoms with van der Waals surface area (Å²) >= 11 is 4.20. The summed E-state index contributed by atoms with van der Waals surface area (Å²) in [6.45, 7) is 0. The van der Waals surface area contributed by atoms with Crippen LogP contribution in [0, 0.1) is 39.9 Å². The van der Waals surface area contributed by atoms with Crippen molar-refractivity contribution in [2.75, 3.05) is 0 Å². The molecule has 0 amide bonds. The number of carboxylic acids is 1. The summed E-state index contributed by atoms with van der Waals surface area (Å²) < 4.78 is 0.400. The minimum atomic E-state index is -0.459. The average Bonchev–Trinajstić information content (AvgIpc) is 2.42. The van der Waals surface area contributed by atoms with Gasteiger partial charge in [0.2, 0.25) is 0 Å². The molecule has 8 bridgehead atoms. The minimum Gasteiger partial charge on any atom is -0.481 e. The Hall–Kier alpha value is -0.0500. The van der Waals surface area contributed by atoms with Crippen LogP contribution in [0.3, 0.4) is 0 Å². The van der Waals surface area contributed by atoms with Gasteiger partial charge in [0, 0.05) is 4.32 Å². The summed E-state index contributed by atoms with van der Waals surface area (Å²) in [5.41, 5.74) is 0.484. The lowest BCUT2D eigenvalue weighted by Gasteiger charge is -2.72. The Morgan fingerprint density at radius 2 is 1.21 bits per heavy atom. The molecule has 4 atom stereocenters. The average molecular weight is 393 g/mol. The molecule has 0 heterocycles. The molecular formula is C21H29BrO2. The number of rotatable bonds is 2. The van der Waals surface area contributed by atoms with E-state index >= 15 is 0 Å². The highest BCUT2D eigenvalue weighted by Gasteiger charge is 2.70. The molecule has 24 heavy (non-hydrogen) atoms. The minimum absolute atomic E-state index is 0.354. The summed E-state index contributed by atoms with van der Waals surface area (Å²) in [4.78, 5) is 12.3. The van der Waals surface area contributed by atoms with Crippen molar-refractivity contribution in [2.45, 2.75) is 81.4 Å². The first-order valence-corrected chi connectivity index (χ1v) is 11.1. The molecule has 8 aliphatic rings. The van der Waals surface area contributed by atoms with Gasteiger partial charge in [-0.1, -0.05) is 15.9 Å². The van der Waals surface area contributed by atoms with Crippen molar-refractivity contribution >= 4 is 21.9 Å². The maximum Gasteiger partial charge on any atom is 0.309 e. The summed E-state index contributed by atoms with van der Waals surface area (Å²) in [5, 5.41) is 10.1. The number of carboxylic acid groups (broad SMARTS) is 1. The molecule has 2 nitrogen and oxygen atoms in total. The third kappa shape index (κ3) is 1.71. The second-order valence-corrected chi connectivity index (χ2v) is 12.9. The molecule has 3 heteroatoms. The number of aliphatic carboxylic acids is 1. The van der Waals surface area contributed by atoms with Gasteiger partial charge in [-0.15, -0.1) is 0 Å². The topological polar surface area (TPSA) is 37.3 Å². The van der Waals surface area contributed by atoms with Crippen LogP contribution in [0.1, 0.15) is 77.0 Å². The quantitative estimate of drug-likeness (QED) is 0.639. The van der Waals surface area contributed by atoms with Gasteiger partial charge in [0.05, 0.1) is 5.41 Å². The zero-order valence-electron chi connectivity index (χ0n) is 14.5. The molecular weight excluding hydrogens is 364 g/mol. The lowest BCUT2D eigenvalue weighted by molar-refractivity contribution is -0.222. The van der Waals surface area contributed by atoms with Crippen molar-refractivity contribution in [3.05, 3.63) is 0 Å². The Labute approximate surface area is 153 Å². The standard InChI is InChI=1S/C21H29BrO2/c22-21-9-15-2-16(10-21)8-20(7-15,12-21)19-5-13-1-14(6-19)4-18(3-13,11-19)17(23)24/h13-16H,1-12H2,(H,23,24). The van der Waals surface area contributed by atoms with E-state index in [-0.39, 0.29) is 5.41 Å². The number of carbonyl (C=O) groups is 1. The third-order valence-corrected chi connectivity index (χ3v) is 10.6. The molecule has 132 valence electrons. The van der Waals surface area contributed by atoms with E-state index in [2.05, 4.69) is 15.9 Å². The normalized spacial score (nSPS) is 63.0. The molecule has 8 saturated carbocycles. The van der Waals surface area contributed by atoms with Crippen LogP contribution in [0.25, 0.3) is 0 Å². The Kier molecular flexibility index (Phi) is 2.67. The zero-order valence-corrected chi connectivity index (χ0v) is 16.1. The Morgan fingerprint density at radius 1 is 0.750 bits per heavy atom. The van der Waals surface area contributed by atoms with Crippen LogP contribution in [-0.4, -0.2) is 15.4 Å². The zero-order chi connectivity index (χ0) is 16.4. The van der Waals surface area contributed by atoms with E-state index in [0.29, 0.717) is 27.0 Å². The number of hydrogen-bond acceptors (Lipinski definition) is 1. The van der Waals surface area contributed by atoms with E-state index in [1.807, 2.05) is 0 Å². The largest absolute Gasteiger partial charge is 0.481 e. The van der Waals surface area contributed by atoms with Crippen LogP contribution in [0.5, 0.6) is 0 Å². The summed E-state index contributed by atoms with van der Waals surface area (Å²) in [6.07, 6.45) is 15.5. The van der Waals surface area contributed by atoms with Gasteiger partial charge < -0.3 is 5.11 Å². The maximum atomic E-state index is 12.3. The van der Waals surface area contributed by atoms with Crippen LogP contribution in [0.15, 0.2) is 0 Å². The monoisotopic (exact) mass is 392 g/mol. The first kappa shape index (κ1) is 15.1. The first-order chi connectivity index (χ1) is 11.3. The van der Waals surface area contributed by atoms with Crippen LogP contribution >= 0.6 is 15.9 Å². The number of alkyl halides is 1. The van der Waals surface area contributed by atoms with Crippen molar-refractivity contribution in [2.24, 2.45) is 39.9 Å². The van der Waals surface area contributed by atoms with E-state index in [4.69, 9.17) is 0 Å². The van der Waals surface area contributed by atoms with Crippen LogP contribution in [-0.2, 0) is 4.79 Å². The van der Waals surface area contributed by atoms with E-state index in [1.165, 1.54) is 57.8 Å². The predicted molar refractivity (Wildman–Crippen MR) is 96.0 cm³/mol. The molecule has 0 aromatic heterocycles. The fourth-order valence-electron chi connectivity index (χ4n) is 9.90. The molecule has 0 spiro atoms. The smallest absolute Gasteiger partial charge is 0.309 e. The van der Waals surface area contributed by atoms with Gasteiger partial charge in [-0.3, -0.25) is 4.79 Å². The fourth-order valence-corrected chi connectivity index (χ4v) is 11.4. The summed E-state index contributed by atoms with van der Waals surface area (Å²) in [6, 6.07) is 0. The lowest BCUT2D eigenvalue weighted by Crippen LogP contribution is -2.65. The predicted octanol–water partition coefficient (Wildman–Crippen LogP) is 5.39. The van der Waals surface area contributed by atoms with Gasteiger partial charge >= 0.3 is 5.97 Å². The van der Waals surface area contributed by atoms with Crippen LogP contribution in [0.4, 0.5) is 0 Å². The summed E-state index contributed by atoms with van der Waals surface area (Å²) in [5.74, 6) is 2.79. The lowest BCUT2D eigenvalue weighted by atomic mass is 9.33.